The first kappa shape index (κ1) is 19.2. The monoisotopic (exact) mass is 369 g/mol. The fraction of sp³-hybridized carbons (Fsp3) is 0.500. The van der Waals surface area contributed by atoms with Gasteiger partial charge in [0.25, 0.3) is 0 Å². The van der Waals surface area contributed by atoms with Crippen molar-refractivity contribution in [3.8, 4) is 0 Å². The molecule has 0 unspecified atom stereocenters. The molecule has 0 heterocycles. The standard InChI is InChI=1S/C12H19BCl2NO2.BrH/c1-16(8-6-14,9-7-15)10-11-2-4-12(5-3-11)13(17)18;/h2-5,17-18H,6-10H2,1H3;1H/q+1;/p-1. The molecule has 0 amide bonds. The lowest BCUT2D eigenvalue weighted by Gasteiger charge is -2.33. The van der Waals surface area contributed by atoms with Crippen molar-refractivity contribution in [1.29, 1.82) is 0 Å². The average molecular weight is 371 g/mol. The van der Waals surface area contributed by atoms with Gasteiger partial charge in [0.1, 0.15) is 6.54 Å². The predicted molar refractivity (Wildman–Crippen MR) is 77.3 cm³/mol. The smallest absolute Gasteiger partial charge is 0.488 e. The van der Waals surface area contributed by atoms with Crippen LogP contribution in [0.4, 0.5) is 0 Å². The minimum atomic E-state index is -1.41. The average Bonchev–Trinajstić information content (AvgIpc) is 2.30. The van der Waals surface area contributed by atoms with Gasteiger partial charge in [-0.1, -0.05) is 24.3 Å². The van der Waals surface area contributed by atoms with E-state index in [0.29, 0.717) is 17.2 Å². The Hall–Kier alpha value is 0.225. The number of nitrogens with zero attached hydrogens (tertiary/aromatic N) is 1. The minimum Gasteiger partial charge on any atom is -1.00 e. The number of hydrogen-bond donors (Lipinski definition) is 2. The van der Waals surface area contributed by atoms with Crippen molar-refractivity contribution in [2.45, 2.75) is 6.54 Å². The van der Waals surface area contributed by atoms with Crippen LogP contribution in [-0.2, 0) is 6.54 Å². The van der Waals surface area contributed by atoms with Crippen LogP contribution in [0.15, 0.2) is 24.3 Å². The summed E-state index contributed by atoms with van der Waals surface area (Å²) in [7, 11) is 0.713. The SMILES string of the molecule is C[N+](CCCl)(CCCl)Cc1ccc(B(O)O)cc1.[Br-]. The van der Waals surface area contributed by atoms with E-state index in [1.54, 1.807) is 12.1 Å². The van der Waals surface area contributed by atoms with Gasteiger partial charge in [-0.2, -0.15) is 0 Å². The molecule has 108 valence electrons. The maximum atomic E-state index is 9.03. The summed E-state index contributed by atoms with van der Waals surface area (Å²) in [6.07, 6.45) is 0. The molecule has 1 rings (SSSR count). The number of halogens is 3. The molecule has 1 aromatic rings. The molecule has 0 aliphatic heterocycles. The largest absolute Gasteiger partial charge is 1.00 e. The van der Waals surface area contributed by atoms with Gasteiger partial charge < -0.3 is 31.5 Å². The quantitative estimate of drug-likeness (QED) is 0.325. The maximum Gasteiger partial charge on any atom is 0.488 e. The van der Waals surface area contributed by atoms with Crippen molar-refractivity contribution in [3.63, 3.8) is 0 Å². The van der Waals surface area contributed by atoms with E-state index < -0.39 is 7.12 Å². The maximum absolute atomic E-state index is 9.03. The zero-order chi connectivity index (χ0) is 13.6. The summed E-state index contributed by atoms with van der Waals surface area (Å²) in [5.41, 5.74) is 1.64. The molecule has 0 saturated carbocycles. The van der Waals surface area contributed by atoms with Crippen molar-refractivity contribution in [3.05, 3.63) is 29.8 Å². The lowest BCUT2D eigenvalue weighted by atomic mass is 9.80. The highest BCUT2D eigenvalue weighted by atomic mass is 79.9. The van der Waals surface area contributed by atoms with Gasteiger partial charge in [0.2, 0.25) is 0 Å². The highest BCUT2D eigenvalue weighted by molar-refractivity contribution is 6.58. The summed E-state index contributed by atoms with van der Waals surface area (Å²) in [6.45, 7) is 2.55. The molecular weight excluding hydrogens is 352 g/mol. The zero-order valence-corrected chi connectivity index (χ0v) is 14.0. The number of alkyl halides is 2. The Bertz CT molecular complexity index is 359. The second-order valence-electron chi connectivity index (χ2n) is 4.72. The van der Waals surface area contributed by atoms with E-state index in [1.165, 1.54) is 0 Å². The first-order valence-electron chi connectivity index (χ1n) is 5.91. The van der Waals surface area contributed by atoms with Crippen LogP contribution in [0.25, 0.3) is 0 Å². The molecular formula is C12H19BBrCl2NO2. The van der Waals surface area contributed by atoms with E-state index >= 15 is 0 Å². The fourth-order valence-corrected chi connectivity index (χ4v) is 2.73. The van der Waals surface area contributed by atoms with Crippen molar-refractivity contribution < 1.29 is 31.5 Å². The third-order valence-corrected chi connectivity index (χ3v) is 3.43. The van der Waals surface area contributed by atoms with Crippen LogP contribution in [0.1, 0.15) is 5.56 Å². The van der Waals surface area contributed by atoms with Gasteiger partial charge in [0.15, 0.2) is 0 Å². The van der Waals surface area contributed by atoms with E-state index in [0.717, 1.165) is 29.7 Å². The highest BCUT2D eigenvalue weighted by Crippen LogP contribution is 2.12. The number of hydrogen-bond acceptors (Lipinski definition) is 2. The summed E-state index contributed by atoms with van der Waals surface area (Å²) < 4.78 is 0.786. The Labute approximate surface area is 135 Å². The summed E-state index contributed by atoms with van der Waals surface area (Å²) >= 11 is 11.7. The number of quaternary nitrogens is 1. The van der Waals surface area contributed by atoms with E-state index in [2.05, 4.69) is 7.05 Å². The molecule has 0 fully saturated rings. The normalized spacial score (nSPS) is 11.0. The zero-order valence-electron chi connectivity index (χ0n) is 10.9. The Kier molecular flexibility index (Phi) is 9.32. The summed E-state index contributed by atoms with van der Waals surface area (Å²) in [6, 6.07) is 7.28. The second-order valence-corrected chi connectivity index (χ2v) is 5.47. The second kappa shape index (κ2) is 9.21. The first-order chi connectivity index (χ1) is 8.50. The van der Waals surface area contributed by atoms with Crippen molar-refractivity contribution in [2.75, 3.05) is 31.9 Å². The Morgan fingerprint density at radius 1 is 1.05 bits per heavy atom. The van der Waals surface area contributed by atoms with E-state index in [-0.39, 0.29) is 17.0 Å². The summed E-state index contributed by atoms with van der Waals surface area (Å²) in [4.78, 5) is 0. The third-order valence-electron chi connectivity index (χ3n) is 3.09. The third kappa shape index (κ3) is 6.47. The van der Waals surface area contributed by atoms with E-state index in [4.69, 9.17) is 33.2 Å². The number of rotatable bonds is 7. The molecule has 7 heteroatoms. The molecule has 19 heavy (non-hydrogen) atoms. The molecule has 0 spiro atoms. The van der Waals surface area contributed by atoms with Gasteiger partial charge in [-0.25, -0.2) is 0 Å². The predicted octanol–water partition coefficient (Wildman–Crippen LogP) is -2.21. The van der Waals surface area contributed by atoms with Crippen LogP contribution >= 0.6 is 23.2 Å². The lowest BCUT2D eigenvalue weighted by Crippen LogP contribution is -3.00. The van der Waals surface area contributed by atoms with Gasteiger partial charge in [0, 0.05) is 5.56 Å². The molecule has 0 aromatic heterocycles. The molecule has 0 saturated heterocycles. The van der Waals surface area contributed by atoms with E-state index in [1.807, 2.05) is 12.1 Å². The summed E-state index contributed by atoms with van der Waals surface area (Å²) in [5, 5.41) is 18.1. The van der Waals surface area contributed by atoms with Crippen LogP contribution in [-0.4, -0.2) is 53.5 Å². The molecule has 0 aliphatic rings. The van der Waals surface area contributed by atoms with Gasteiger partial charge in [-0.15, -0.1) is 23.2 Å². The van der Waals surface area contributed by atoms with Gasteiger partial charge >= 0.3 is 7.12 Å². The van der Waals surface area contributed by atoms with Crippen LogP contribution in [0.5, 0.6) is 0 Å². The van der Waals surface area contributed by atoms with Crippen molar-refractivity contribution in [2.24, 2.45) is 0 Å². The fourth-order valence-electron chi connectivity index (χ4n) is 1.91. The van der Waals surface area contributed by atoms with Crippen molar-refractivity contribution >= 4 is 35.8 Å². The first-order valence-corrected chi connectivity index (χ1v) is 6.98. The Balaban J connectivity index is 0.00000324. The molecule has 2 N–H and O–H groups in total. The van der Waals surface area contributed by atoms with Gasteiger partial charge in [0.05, 0.1) is 31.9 Å². The van der Waals surface area contributed by atoms with Gasteiger partial charge in [-0.3, -0.25) is 0 Å². The highest BCUT2D eigenvalue weighted by Gasteiger charge is 2.21. The topological polar surface area (TPSA) is 40.5 Å². The lowest BCUT2D eigenvalue weighted by molar-refractivity contribution is -0.918. The summed E-state index contributed by atoms with van der Waals surface area (Å²) in [5.74, 6) is 1.20. The molecule has 0 aliphatic carbocycles. The number of benzene rings is 1. The molecule has 1 aromatic carbocycles. The van der Waals surface area contributed by atoms with Crippen LogP contribution in [0, 0.1) is 0 Å². The van der Waals surface area contributed by atoms with Crippen LogP contribution in [0.2, 0.25) is 0 Å². The van der Waals surface area contributed by atoms with Gasteiger partial charge in [-0.05, 0) is 5.46 Å². The minimum absolute atomic E-state index is 0. The molecule has 0 atom stereocenters. The Morgan fingerprint density at radius 2 is 1.53 bits per heavy atom. The van der Waals surface area contributed by atoms with E-state index in [9.17, 15) is 0 Å². The van der Waals surface area contributed by atoms with Crippen molar-refractivity contribution in [1.82, 2.24) is 0 Å². The molecule has 0 bridgehead atoms. The molecule has 3 nitrogen and oxygen atoms in total. The molecule has 0 radical (unpaired) electrons. The van der Waals surface area contributed by atoms with Crippen LogP contribution < -0.4 is 22.4 Å². The Morgan fingerprint density at radius 3 is 1.89 bits per heavy atom. The van der Waals surface area contributed by atoms with Crippen LogP contribution in [0.3, 0.4) is 0 Å².